The first-order valence-corrected chi connectivity index (χ1v) is 9.40. The third-order valence-electron chi connectivity index (χ3n) is 8.58. The van der Waals surface area contributed by atoms with Crippen molar-refractivity contribution in [3.8, 4) is 0 Å². The smallest absolute Gasteiger partial charge is 0.0582 e. The van der Waals surface area contributed by atoms with E-state index in [1.807, 2.05) is 0 Å². The molecular weight excluding hydrogens is 258 g/mol. The predicted molar refractivity (Wildman–Crippen MR) is 85.7 cm³/mol. The standard InChI is InChI=1S/C19H33NO/c1-18-10-4-3-5-12(18)6-7-13-14-8-9-16(20)19(14,2)11-15(21)17(13)18/h12-17,21H,3-11,20H2,1-2H3/t12-,13+,14+,15-,16+,17-,18+,19+/m1/s1. The van der Waals surface area contributed by atoms with Crippen LogP contribution in [0.25, 0.3) is 0 Å². The van der Waals surface area contributed by atoms with Gasteiger partial charge in [0.05, 0.1) is 6.10 Å². The Bertz CT molecular complexity index is 424. The second-order valence-corrected chi connectivity index (χ2v) is 9.28. The Balaban J connectivity index is 1.70. The molecule has 0 aromatic heterocycles. The van der Waals surface area contributed by atoms with E-state index >= 15 is 0 Å². The van der Waals surface area contributed by atoms with Crippen LogP contribution in [-0.4, -0.2) is 17.3 Å². The summed E-state index contributed by atoms with van der Waals surface area (Å²) in [4.78, 5) is 0. The Morgan fingerprint density at radius 2 is 1.76 bits per heavy atom. The Kier molecular flexibility index (Phi) is 3.25. The van der Waals surface area contributed by atoms with E-state index in [-0.39, 0.29) is 11.5 Å². The Morgan fingerprint density at radius 3 is 2.57 bits per heavy atom. The number of nitrogens with two attached hydrogens (primary N) is 1. The highest BCUT2D eigenvalue weighted by molar-refractivity contribution is 5.12. The van der Waals surface area contributed by atoms with Gasteiger partial charge >= 0.3 is 0 Å². The molecule has 0 bridgehead atoms. The number of aliphatic hydroxyl groups excluding tert-OH is 1. The summed E-state index contributed by atoms with van der Waals surface area (Å²) in [6.45, 7) is 4.90. The normalized spacial score (nSPS) is 60.0. The van der Waals surface area contributed by atoms with E-state index in [9.17, 15) is 5.11 Å². The molecule has 0 amide bonds. The SMILES string of the molecule is C[C@]12CCCC[C@@H]1CC[C@@H]1[C@@H]2[C@H](O)C[C@]2(C)[C@@H](N)CC[C@@H]12. The van der Waals surface area contributed by atoms with Crippen molar-refractivity contribution in [1.29, 1.82) is 0 Å². The van der Waals surface area contributed by atoms with Gasteiger partial charge in [-0.3, -0.25) is 0 Å². The Hall–Kier alpha value is -0.0800. The quantitative estimate of drug-likeness (QED) is 0.714. The van der Waals surface area contributed by atoms with Crippen LogP contribution < -0.4 is 5.73 Å². The molecular formula is C19H33NO. The summed E-state index contributed by atoms with van der Waals surface area (Å²) in [5.74, 6) is 2.95. The second-order valence-electron chi connectivity index (χ2n) is 9.28. The highest BCUT2D eigenvalue weighted by atomic mass is 16.3. The van der Waals surface area contributed by atoms with Gasteiger partial charge in [0, 0.05) is 6.04 Å². The van der Waals surface area contributed by atoms with Crippen molar-refractivity contribution in [3.63, 3.8) is 0 Å². The Morgan fingerprint density at radius 1 is 0.952 bits per heavy atom. The molecule has 0 heterocycles. The van der Waals surface area contributed by atoms with Gasteiger partial charge in [0.25, 0.3) is 0 Å². The van der Waals surface area contributed by atoms with Gasteiger partial charge in [-0.25, -0.2) is 0 Å². The van der Waals surface area contributed by atoms with Crippen LogP contribution in [0.5, 0.6) is 0 Å². The zero-order valence-corrected chi connectivity index (χ0v) is 13.9. The minimum absolute atomic E-state index is 0.105. The molecule has 4 aliphatic carbocycles. The summed E-state index contributed by atoms with van der Waals surface area (Å²) in [6, 6.07) is 0.315. The fourth-order valence-electron chi connectivity index (χ4n) is 7.46. The first kappa shape index (κ1) is 14.5. The molecule has 0 radical (unpaired) electrons. The van der Waals surface area contributed by atoms with E-state index < -0.39 is 0 Å². The first-order valence-electron chi connectivity index (χ1n) is 9.40. The van der Waals surface area contributed by atoms with Crippen molar-refractivity contribution in [1.82, 2.24) is 0 Å². The molecule has 2 heteroatoms. The molecule has 2 nitrogen and oxygen atoms in total. The molecule has 120 valence electrons. The lowest BCUT2D eigenvalue weighted by atomic mass is 9.44. The molecule has 0 aromatic rings. The zero-order chi connectivity index (χ0) is 14.8. The zero-order valence-electron chi connectivity index (χ0n) is 13.9. The largest absolute Gasteiger partial charge is 0.393 e. The van der Waals surface area contributed by atoms with Crippen LogP contribution >= 0.6 is 0 Å². The number of hydrogen-bond donors (Lipinski definition) is 2. The summed E-state index contributed by atoms with van der Waals surface area (Å²) in [5, 5.41) is 11.1. The van der Waals surface area contributed by atoms with Gasteiger partial charge in [-0.05, 0) is 79.4 Å². The molecule has 0 aliphatic heterocycles. The lowest BCUT2D eigenvalue weighted by molar-refractivity contribution is -0.164. The third kappa shape index (κ3) is 1.84. The topological polar surface area (TPSA) is 46.2 Å². The third-order valence-corrected chi connectivity index (χ3v) is 8.58. The maximum absolute atomic E-state index is 11.1. The molecule has 0 saturated heterocycles. The number of rotatable bonds is 0. The van der Waals surface area contributed by atoms with Crippen molar-refractivity contribution >= 4 is 0 Å². The maximum atomic E-state index is 11.1. The van der Waals surface area contributed by atoms with Crippen LogP contribution in [0, 0.1) is 34.5 Å². The maximum Gasteiger partial charge on any atom is 0.0582 e. The van der Waals surface area contributed by atoms with Crippen LogP contribution in [0.4, 0.5) is 0 Å². The van der Waals surface area contributed by atoms with E-state index in [1.165, 1.54) is 51.4 Å². The van der Waals surface area contributed by atoms with Crippen molar-refractivity contribution in [3.05, 3.63) is 0 Å². The summed E-state index contributed by atoms with van der Waals surface area (Å²) in [6.07, 6.45) is 11.7. The van der Waals surface area contributed by atoms with Crippen LogP contribution in [0.15, 0.2) is 0 Å². The van der Waals surface area contributed by atoms with Gasteiger partial charge in [-0.1, -0.05) is 26.7 Å². The molecule has 8 atom stereocenters. The lowest BCUT2D eigenvalue weighted by Crippen LogP contribution is -2.59. The highest BCUT2D eigenvalue weighted by Crippen LogP contribution is 2.65. The lowest BCUT2D eigenvalue weighted by Gasteiger charge is -2.61. The van der Waals surface area contributed by atoms with Gasteiger partial charge in [-0.2, -0.15) is 0 Å². The van der Waals surface area contributed by atoms with Crippen LogP contribution in [0.2, 0.25) is 0 Å². The van der Waals surface area contributed by atoms with Gasteiger partial charge < -0.3 is 10.8 Å². The fourth-order valence-corrected chi connectivity index (χ4v) is 7.46. The van der Waals surface area contributed by atoms with Gasteiger partial charge in [-0.15, -0.1) is 0 Å². The molecule has 4 rings (SSSR count). The van der Waals surface area contributed by atoms with Crippen LogP contribution in [0.1, 0.15) is 71.6 Å². The summed E-state index contributed by atoms with van der Waals surface area (Å²) in [5.41, 5.74) is 7.08. The number of aliphatic hydroxyl groups is 1. The van der Waals surface area contributed by atoms with E-state index in [0.29, 0.717) is 17.4 Å². The molecule has 4 saturated carbocycles. The Labute approximate surface area is 129 Å². The first-order chi connectivity index (χ1) is 9.97. The minimum Gasteiger partial charge on any atom is -0.393 e. The van der Waals surface area contributed by atoms with Gasteiger partial charge in [0.15, 0.2) is 0 Å². The molecule has 21 heavy (non-hydrogen) atoms. The van der Waals surface area contributed by atoms with Crippen molar-refractivity contribution in [2.75, 3.05) is 0 Å². The van der Waals surface area contributed by atoms with E-state index in [2.05, 4.69) is 13.8 Å². The molecule has 0 spiro atoms. The molecule has 0 unspecified atom stereocenters. The van der Waals surface area contributed by atoms with Crippen molar-refractivity contribution < 1.29 is 5.11 Å². The predicted octanol–water partition coefficient (Wildman–Crippen LogP) is 3.72. The van der Waals surface area contributed by atoms with Gasteiger partial charge in [0.2, 0.25) is 0 Å². The summed E-state index contributed by atoms with van der Waals surface area (Å²) in [7, 11) is 0. The molecule has 3 N–H and O–H groups in total. The fraction of sp³-hybridized carbons (Fsp3) is 1.00. The highest BCUT2D eigenvalue weighted by Gasteiger charge is 2.61. The van der Waals surface area contributed by atoms with Crippen LogP contribution in [-0.2, 0) is 0 Å². The minimum atomic E-state index is -0.105. The number of fused-ring (bicyclic) bond motifs is 5. The van der Waals surface area contributed by atoms with E-state index in [0.717, 1.165) is 24.2 Å². The molecule has 0 aromatic carbocycles. The summed E-state index contributed by atoms with van der Waals surface area (Å²) >= 11 is 0. The summed E-state index contributed by atoms with van der Waals surface area (Å²) < 4.78 is 0. The average molecular weight is 291 g/mol. The molecule has 4 aliphatic rings. The van der Waals surface area contributed by atoms with E-state index in [1.54, 1.807) is 0 Å². The average Bonchev–Trinajstić information content (AvgIpc) is 2.73. The number of hydrogen-bond acceptors (Lipinski definition) is 2. The second kappa shape index (κ2) is 4.71. The van der Waals surface area contributed by atoms with E-state index in [4.69, 9.17) is 5.73 Å². The van der Waals surface area contributed by atoms with Crippen molar-refractivity contribution in [2.45, 2.75) is 83.8 Å². The van der Waals surface area contributed by atoms with Crippen molar-refractivity contribution in [2.24, 2.45) is 40.2 Å². The van der Waals surface area contributed by atoms with Gasteiger partial charge in [0.1, 0.15) is 0 Å². The molecule has 4 fully saturated rings. The van der Waals surface area contributed by atoms with Crippen LogP contribution in [0.3, 0.4) is 0 Å². The monoisotopic (exact) mass is 291 g/mol.